The molecule has 1 aliphatic rings. The molecule has 1 nitrogen and oxygen atoms in total. The van der Waals surface area contributed by atoms with Crippen LogP contribution in [0.1, 0.15) is 55.4 Å². The molecule has 0 N–H and O–H groups in total. The summed E-state index contributed by atoms with van der Waals surface area (Å²) in [5, 5.41) is 3.73. The minimum atomic E-state index is -0.242. The van der Waals surface area contributed by atoms with E-state index >= 15 is 0 Å². The van der Waals surface area contributed by atoms with Crippen LogP contribution >= 0.6 is 0 Å². The fourth-order valence-corrected chi connectivity index (χ4v) is 5.21. The topological polar surface area (TPSA) is 3.88 Å². The molecule has 4 aromatic rings. The maximum atomic E-state index is 14.3. The molecule has 2 heteroatoms. The predicted molar refractivity (Wildman–Crippen MR) is 123 cm³/mol. The van der Waals surface area contributed by atoms with E-state index in [1.807, 2.05) is 32.2 Å². The maximum absolute atomic E-state index is 14.3. The van der Waals surface area contributed by atoms with Crippen molar-refractivity contribution in [2.75, 3.05) is 0 Å². The minimum absolute atomic E-state index is 0.242. The number of aromatic nitrogens is 1. The minimum Gasteiger partial charge on any atom is -0.207 e. The number of pyridine rings is 1. The molecule has 1 aliphatic carbocycles. The van der Waals surface area contributed by atoms with Gasteiger partial charge in [0.15, 0.2) is 5.69 Å². The van der Waals surface area contributed by atoms with Crippen molar-refractivity contribution < 1.29 is 10.3 Å². The highest BCUT2D eigenvalue weighted by atomic mass is 19.1. The van der Waals surface area contributed by atoms with Gasteiger partial charge in [0.1, 0.15) is 12.9 Å². The lowest BCUT2D eigenvalue weighted by atomic mass is 9.88. The maximum Gasteiger partial charge on any atom is 0.221 e. The second kappa shape index (κ2) is 7.19. The van der Waals surface area contributed by atoms with Crippen LogP contribution in [-0.4, -0.2) is 0 Å². The zero-order chi connectivity index (χ0) is 21.9. The summed E-state index contributed by atoms with van der Waals surface area (Å²) >= 11 is 0. The van der Waals surface area contributed by atoms with Gasteiger partial charge in [0.25, 0.3) is 0 Å². The molecule has 0 spiro atoms. The molecule has 152 valence electrons. The standard InChI is InChI=1S/C28H29FN/c1-17-13-23(20-7-5-6-8-20)15-25(19(17)3)28-27-22(14-18(2)30(28)4)10-9-21-11-12-24(29)16-26(21)27/h9-16,20H,5-8H2,1-4H3/q+1/i14D. The van der Waals surface area contributed by atoms with E-state index < -0.39 is 0 Å². The Hall–Kier alpha value is -2.74. The van der Waals surface area contributed by atoms with Gasteiger partial charge in [0.2, 0.25) is 5.69 Å². The van der Waals surface area contributed by atoms with Gasteiger partial charge in [0.05, 0.1) is 12.3 Å². The zero-order valence-electron chi connectivity index (χ0n) is 19.3. The van der Waals surface area contributed by atoms with Crippen molar-refractivity contribution in [3.05, 3.63) is 76.7 Å². The summed E-state index contributed by atoms with van der Waals surface area (Å²) in [4.78, 5) is 0. The third-order valence-corrected chi connectivity index (χ3v) is 7.15. The number of hydrogen-bond acceptors (Lipinski definition) is 0. The first-order valence-corrected chi connectivity index (χ1v) is 11.0. The predicted octanol–water partition coefficient (Wildman–Crippen LogP) is 7.21. The SMILES string of the molecule is [2H]c1c(C)[n+](C)c(-c2cc(C3CCCC3)cc(C)c2C)c2c1ccc1ccc(F)cc12. The van der Waals surface area contributed by atoms with Gasteiger partial charge in [-0.1, -0.05) is 37.1 Å². The Morgan fingerprint density at radius 1 is 0.967 bits per heavy atom. The summed E-state index contributed by atoms with van der Waals surface area (Å²) in [5.74, 6) is 0.383. The van der Waals surface area contributed by atoms with Gasteiger partial charge < -0.3 is 0 Å². The van der Waals surface area contributed by atoms with E-state index in [1.165, 1.54) is 54.0 Å². The first kappa shape index (κ1) is 18.1. The molecule has 30 heavy (non-hydrogen) atoms. The average molecular weight is 400 g/mol. The van der Waals surface area contributed by atoms with Gasteiger partial charge in [-0.2, -0.15) is 4.57 Å². The number of fused-ring (bicyclic) bond motifs is 3. The van der Waals surface area contributed by atoms with Crippen molar-refractivity contribution in [2.24, 2.45) is 7.05 Å². The van der Waals surface area contributed by atoms with E-state index in [1.54, 1.807) is 6.07 Å². The van der Waals surface area contributed by atoms with Crippen LogP contribution in [0.25, 0.3) is 32.8 Å². The van der Waals surface area contributed by atoms with Crippen LogP contribution in [-0.2, 0) is 7.05 Å². The number of halogens is 1. The van der Waals surface area contributed by atoms with E-state index in [0.717, 1.165) is 32.9 Å². The van der Waals surface area contributed by atoms with Crippen LogP contribution in [0.15, 0.2) is 48.5 Å². The first-order chi connectivity index (χ1) is 14.9. The molecule has 5 rings (SSSR count). The van der Waals surface area contributed by atoms with Gasteiger partial charge in [-0.15, -0.1) is 0 Å². The van der Waals surface area contributed by atoms with Crippen LogP contribution in [0.3, 0.4) is 0 Å². The lowest BCUT2D eigenvalue weighted by molar-refractivity contribution is -0.665. The second-order valence-electron chi connectivity index (χ2n) is 8.96. The van der Waals surface area contributed by atoms with Gasteiger partial charge in [-0.25, -0.2) is 4.39 Å². The number of hydrogen-bond donors (Lipinski definition) is 0. The summed E-state index contributed by atoms with van der Waals surface area (Å²) in [6.07, 6.45) is 5.13. The first-order valence-electron chi connectivity index (χ1n) is 11.5. The largest absolute Gasteiger partial charge is 0.221 e. The van der Waals surface area contributed by atoms with Gasteiger partial charge >= 0.3 is 0 Å². The Bertz CT molecular complexity index is 1350. The summed E-state index contributed by atoms with van der Waals surface area (Å²) in [6.45, 7) is 6.39. The van der Waals surface area contributed by atoms with Crippen molar-refractivity contribution in [3.63, 3.8) is 0 Å². The molecule has 3 aromatic carbocycles. The van der Waals surface area contributed by atoms with Crippen LogP contribution in [0.4, 0.5) is 4.39 Å². The molecule has 0 saturated heterocycles. The molecule has 0 radical (unpaired) electrons. The Morgan fingerprint density at radius 3 is 2.43 bits per heavy atom. The third kappa shape index (κ3) is 3.01. The number of nitrogens with zero attached hydrogens (tertiary/aromatic N) is 1. The van der Waals surface area contributed by atoms with Gasteiger partial charge in [-0.05, 0) is 83.7 Å². The average Bonchev–Trinajstić information content (AvgIpc) is 3.29. The Kier molecular flexibility index (Phi) is 4.33. The molecule has 0 aliphatic heterocycles. The summed E-state index contributed by atoms with van der Waals surface area (Å²) in [5.41, 5.74) is 7.18. The highest BCUT2D eigenvalue weighted by Gasteiger charge is 2.25. The molecular weight excluding hydrogens is 369 g/mol. The molecule has 0 amide bonds. The Labute approximate surface area is 179 Å². The van der Waals surface area contributed by atoms with Crippen LogP contribution in [0.5, 0.6) is 0 Å². The van der Waals surface area contributed by atoms with E-state index in [0.29, 0.717) is 12.0 Å². The van der Waals surface area contributed by atoms with Gasteiger partial charge in [-0.3, -0.25) is 0 Å². The second-order valence-corrected chi connectivity index (χ2v) is 8.96. The van der Waals surface area contributed by atoms with Crippen molar-refractivity contribution in [2.45, 2.75) is 52.4 Å². The summed E-state index contributed by atoms with van der Waals surface area (Å²) in [6, 6.07) is 14.2. The van der Waals surface area contributed by atoms with Crippen molar-refractivity contribution >= 4 is 21.5 Å². The normalized spacial score (nSPS) is 15.3. The summed E-state index contributed by atoms with van der Waals surface area (Å²) in [7, 11) is 2.04. The van der Waals surface area contributed by atoms with Crippen molar-refractivity contribution in [3.8, 4) is 11.3 Å². The lowest BCUT2D eigenvalue weighted by Gasteiger charge is -2.17. The quantitative estimate of drug-likeness (QED) is 0.248. The Balaban J connectivity index is 1.94. The molecule has 1 saturated carbocycles. The fourth-order valence-electron chi connectivity index (χ4n) is 5.21. The van der Waals surface area contributed by atoms with Crippen LogP contribution < -0.4 is 4.57 Å². The molecule has 1 aromatic heterocycles. The van der Waals surface area contributed by atoms with Gasteiger partial charge in [0, 0.05) is 13.0 Å². The molecule has 0 atom stereocenters. The Morgan fingerprint density at radius 2 is 1.67 bits per heavy atom. The van der Waals surface area contributed by atoms with E-state index in [-0.39, 0.29) is 5.82 Å². The highest BCUT2D eigenvalue weighted by Crippen LogP contribution is 2.40. The summed E-state index contributed by atoms with van der Waals surface area (Å²) < 4.78 is 25.2. The smallest absolute Gasteiger partial charge is 0.207 e. The zero-order valence-corrected chi connectivity index (χ0v) is 18.3. The molecular formula is C28H29FN+. The van der Waals surface area contributed by atoms with Crippen molar-refractivity contribution in [1.82, 2.24) is 0 Å². The van der Waals surface area contributed by atoms with E-state index in [4.69, 9.17) is 1.37 Å². The number of aryl methyl sites for hydroxylation is 1. The molecule has 0 unspecified atom stereocenters. The van der Waals surface area contributed by atoms with Crippen LogP contribution in [0, 0.1) is 26.6 Å². The number of benzene rings is 3. The van der Waals surface area contributed by atoms with Crippen molar-refractivity contribution in [1.29, 1.82) is 0 Å². The number of rotatable bonds is 2. The highest BCUT2D eigenvalue weighted by molar-refractivity contribution is 6.12. The molecule has 1 heterocycles. The molecule has 0 bridgehead atoms. The van der Waals surface area contributed by atoms with Crippen LogP contribution in [0.2, 0.25) is 0 Å². The monoisotopic (exact) mass is 399 g/mol. The van der Waals surface area contributed by atoms with E-state index in [2.05, 4.69) is 30.5 Å². The molecule has 1 fully saturated rings. The lowest BCUT2D eigenvalue weighted by Crippen LogP contribution is -2.35. The van der Waals surface area contributed by atoms with E-state index in [9.17, 15) is 4.39 Å². The fraction of sp³-hybridized carbons (Fsp3) is 0.321. The third-order valence-electron chi connectivity index (χ3n) is 7.15.